The van der Waals surface area contributed by atoms with Crippen molar-refractivity contribution in [2.45, 2.75) is 497 Å². The third kappa shape index (κ3) is 83.8. The van der Waals surface area contributed by atoms with Crippen LogP contribution in [0.25, 0.3) is 0 Å². The summed E-state index contributed by atoms with van der Waals surface area (Å²) in [7, 11) is -9.93. The summed E-state index contributed by atoms with van der Waals surface area (Å²) >= 11 is 0. The first-order valence-corrected chi connectivity index (χ1v) is 49.3. The summed E-state index contributed by atoms with van der Waals surface area (Å²) in [5, 5.41) is 10.7. The zero-order valence-corrected chi connectivity index (χ0v) is 73.8. The van der Waals surface area contributed by atoms with Gasteiger partial charge in [-0.1, -0.05) is 427 Å². The fourth-order valence-electron chi connectivity index (χ4n) is 14.1. The Balaban J connectivity index is 5.22. The molecule has 3 N–H and O–H groups in total. The van der Waals surface area contributed by atoms with Gasteiger partial charge in [0.25, 0.3) is 0 Å². The Morgan fingerprint density at radius 3 is 0.624 bits per heavy atom. The molecular formula is C90H176O17P2. The van der Waals surface area contributed by atoms with Crippen molar-refractivity contribution < 1.29 is 80.2 Å². The van der Waals surface area contributed by atoms with Crippen molar-refractivity contribution in [2.75, 3.05) is 39.6 Å². The highest BCUT2D eigenvalue weighted by molar-refractivity contribution is 7.47. The summed E-state index contributed by atoms with van der Waals surface area (Å²) in [4.78, 5) is 73.3. The number of hydrogen-bond donors (Lipinski definition) is 3. The minimum absolute atomic E-state index is 0.107. The van der Waals surface area contributed by atoms with E-state index in [9.17, 15) is 43.2 Å². The van der Waals surface area contributed by atoms with E-state index in [0.717, 1.165) is 108 Å². The molecule has 0 aromatic rings. The smallest absolute Gasteiger partial charge is 0.462 e. The van der Waals surface area contributed by atoms with E-state index in [-0.39, 0.29) is 25.7 Å². The maximum Gasteiger partial charge on any atom is 0.472 e. The SMILES string of the molecule is CCCCCCCCCCCCCCCCCCCCCCCCC(=O)O[C@H](COC(=O)CCCCCCCCCCCCCCCCCCC(C)C)COP(=O)(O)OC[C@@H](O)COP(=O)(O)OC[C@@H](COC(=O)CCCCCCCCCC(C)C)OC(=O)CCCCCCCCCCCCCCCCCC(C)C. The van der Waals surface area contributed by atoms with Gasteiger partial charge >= 0.3 is 39.5 Å². The molecule has 0 saturated carbocycles. The second kappa shape index (κ2) is 79.9. The monoisotopic (exact) mass is 1590 g/mol. The highest BCUT2D eigenvalue weighted by Gasteiger charge is 2.31. The predicted molar refractivity (Wildman–Crippen MR) is 451 cm³/mol. The average molecular weight is 1590 g/mol. The molecule has 0 saturated heterocycles. The molecule has 109 heavy (non-hydrogen) atoms. The summed E-state index contributed by atoms with van der Waals surface area (Å²) in [6.07, 6.45) is 72.5. The van der Waals surface area contributed by atoms with E-state index >= 15 is 0 Å². The van der Waals surface area contributed by atoms with Gasteiger partial charge in [0.2, 0.25) is 0 Å². The van der Waals surface area contributed by atoms with Crippen molar-refractivity contribution in [3.8, 4) is 0 Å². The summed E-state index contributed by atoms with van der Waals surface area (Å²) in [6, 6.07) is 0. The third-order valence-electron chi connectivity index (χ3n) is 21.1. The fourth-order valence-corrected chi connectivity index (χ4v) is 15.7. The van der Waals surface area contributed by atoms with Gasteiger partial charge in [0.05, 0.1) is 26.4 Å². The van der Waals surface area contributed by atoms with Crippen molar-refractivity contribution in [1.82, 2.24) is 0 Å². The quantitative estimate of drug-likeness (QED) is 0.0222. The van der Waals surface area contributed by atoms with Crippen LogP contribution in [0.1, 0.15) is 479 Å². The number of carbonyl (C=O) groups excluding carboxylic acids is 4. The van der Waals surface area contributed by atoms with E-state index in [1.807, 2.05) is 0 Å². The highest BCUT2D eigenvalue weighted by Crippen LogP contribution is 2.45. The first-order valence-electron chi connectivity index (χ1n) is 46.3. The molecule has 19 heteroatoms. The molecule has 0 aromatic carbocycles. The summed E-state index contributed by atoms with van der Waals surface area (Å²) < 4.78 is 69.0. The molecule has 0 aliphatic heterocycles. The molecule has 0 aliphatic rings. The molecule has 0 heterocycles. The highest BCUT2D eigenvalue weighted by atomic mass is 31.2. The molecule has 2 unspecified atom stereocenters. The molecule has 0 aliphatic carbocycles. The maximum atomic E-state index is 13.2. The van der Waals surface area contributed by atoms with Crippen LogP contribution in [0.2, 0.25) is 0 Å². The molecule has 0 amide bonds. The van der Waals surface area contributed by atoms with Crippen LogP contribution >= 0.6 is 15.6 Å². The lowest BCUT2D eigenvalue weighted by Crippen LogP contribution is -2.30. The van der Waals surface area contributed by atoms with Gasteiger partial charge in [-0.05, 0) is 43.4 Å². The number of aliphatic hydroxyl groups is 1. The van der Waals surface area contributed by atoms with Gasteiger partial charge in [-0.15, -0.1) is 0 Å². The standard InChI is InChI=1S/C90H176O17P2/c1-8-9-10-11-12-13-14-15-16-17-18-19-20-21-22-29-34-39-44-51-59-66-73-89(94)106-85(77-100-87(92)71-64-57-50-43-38-33-28-24-23-26-31-36-41-47-54-61-68-81(2)3)79-104-108(96,97)102-75-84(91)76-103-109(98,99)105-80-86(78-101-88(93)72-65-58-53-46-49-56-63-70-83(6)7)107-90(95)74-67-60-52-45-40-35-30-25-27-32-37-42-48-55-62-69-82(4)5/h81-86,91H,8-80H2,1-7H3,(H,96,97)(H,98,99)/t84-,85-,86-/m1/s1. The first kappa shape index (κ1) is 107. The van der Waals surface area contributed by atoms with Gasteiger partial charge in [0.1, 0.15) is 19.3 Å². The van der Waals surface area contributed by atoms with Gasteiger partial charge in [0.15, 0.2) is 12.2 Å². The van der Waals surface area contributed by atoms with E-state index < -0.39 is 97.5 Å². The summed E-state index contributed by atoms with van der Waals surface area (Å²) in [6.45, 7) is 12.0. The normalized spacial score (nSPS) is 13.8. The zero-order valence-electron chi connectivity index (χ0n) is 72.0. The van der Waals surface area contributed by atoms with E-state index in [2.05, 4.69) is 48.5 Å². The lowest BCUT2D eigenvalue weighted by atomic mass is 10.0. The summed E-state index contributed by atoms with van der Waals surface area (Å²) in [5.74, 6) is 0.218. The second-order valence-corrected chi connectivity index (χ2v) is 36.7. The summed E-state index contributed by atoms with van der Waals surface area (Å²) in [5.41, 5.74) is 0. The molecule has 648 valence electrons. The van der Waals surface area contributed by atoms with Crippen molar-refractivity contribution in [3.63, 3.8) is 0 Å². The second-order valence-electron chi connectivity index (χ2n) is 33.8. The van der Waals surface area contributed by atoms with E-state index in [0.29, 0.717) is 31.6 Å². The molecule has 17 nitrogen and oxygen atoms in total. The Labute approximate surface area is 670 Å². The number of unbranched alkanes of at least 4 members (excludes halogenated alkanes) is 56. The maximum absolute atomic E-state index is 13.2. The van der Waals surface area contributed by atoms with Gasteiger partial charge < -0.3 is 33.8 Å². The number of esters is 4. The van der Waals surface area contributed by atoms with Crippen molar-refractivity contribution in [1.29, 1.82) is 0 Å². The number of aliphatic hydroxyl groups excluding tert-OH is 1. The van der Waals surface area contributed by atoms with Crippen LogP contribution in [0.3, 0.4) is 0 Å². The zero-order chi connectivity index (χ0) is 80.0. The topological polar surface area (TPSA) is 237 Å². The minimum atomic E-state index is -4.97. The number of rotatable bonds is 88. The van der Waals surface area contributed by atoms with Crippen LogP contribution in [-0.2, 0) is 65.4 Å². The number of ether oxygens (including phenoxy) is 4. The Kier molecular flexibility index (Phi) is 78.5. The Morgan fingerprint density at radius 2 is 0.422 bits per heavy atom. The van der Waals surface area contributed by atoms with Crippen LogP contribution in [0.15, 0.2) is 0 Å². The van der Waals surface area contributed by atoms with Gasteiger partial charge in [-0.3, -0.25) is 37.3 Å². The number of hydrogen-bond acceptors (Lipinski definition) is 15. The van der Waals surface area contributed by atoms with E-state index in [4.69, 9.17) is 37.0 Å². The largest absolute Gasteiger partial charge is 0.472 e. The molecule has 0 aromatic heterocycles. The average Bonchev–Trinajstić information content (AvgIpc) is 0.902. The molecular weight excluding hydrogens is 1410 g/mol. The Morgan fingerprint density at radius 1 is 0.248 bits per heavy atom. The van der Waals surface area contributed by atoms with Crippen LogP contribution in [-0.4, -0.2) is 96.7 Å². The van der Waals surface area contributed by atoms with Crippen molar-refractivity contribution in [2.24, 2.45) is 17.8 Å². The number of phosphoric ester groups is 2. The van der Waals surface area contributed by atoms with Crippen molar-refractivity contribution in [3.05, 3.63) is 0 Å². The van der Waals surface area contributed by atoms with Gasteiger partial charge in [-0.2, -0.15) is 0 Å². The van der Waals surface area contributed by atoms with Gasteiger partial charge in [0, 0.05) is 25.7 Å². The third-order valence-corrected chi connectivity index (χ3v) is 23.0. The van der Waals surface area contributed by atoms with Crippen LogP contribution in [0.5, 0.6) is 0 Å². The molecule has 0 fully saturated rings. The number of carbonyl (C=O) groups is 4. The van der Waals surface area contributed by atoms with Crippen molar-refractivity contribution >= 4 is 39.5 Å². The number of phosphoric acid groups is 2. The lowest BCUT2D eigenvalue weighted by molar-refractivity contribution is -0.161. The molecule has 5 atom stereocenters. The van der Waals surface area contributed by atoms with Crippen LogP contribution in [0, 0.1) is 17.8 Å². The van der Waals surface area contributed by atoms with Crippen LogP contribution in [0.4, 0.5) is 0 Å². The van der Waals surface area contributed by atoms with Crippen LogP contribution < -0.4 is 0 Å². The molecule has 0 radical (unpaired) electrons. The minimum Gasteiger partial charge on any atom is -0.462 e. The molecule has 0 rings (SSSR count). The molecule has 0 spiro atoms. The fraction of sp³-hybridized carbons (Fsp3) is 0.956. The van der Waals surface area contributed by atoms with Gasteiger partial charge in [-0.25, -0.2) is 9.13 Å². The van der Waals surface area contributed by atoms with E-state index in [1.165, 1.54) is 283 Å². The molecule has 0 bridgehead atoms. The Bertz CT molecular complexity index is 2100. The predicted octanol–water partition coefficient (Wildman–Crippen LogP) is 27.6. The Hall–Kier alpha value is -1.94. The first-order chi connectivity index (χ1) is 52.7. The van der Waals surface area contributed by atoms with E-state index in [1.54, 1.807) is 0 Å². The lowest BCUT2D eigenvalue weighted by Gasteiger charge is -2.21.